The summed E-state index contributed by atoms with van der Waals surface area (Å²) in [6, 6.07) is 10.00. The van der Waals surface area contributed by atoms with Crippen LogP contribution >= 0.6 is 0 Å². The van der Waals surface area contributed by atoms with Crippen molar-refractivity contribution < 1.29 is 4.79 Å². The van der Waals surface area contributed by atoms with E-state index in [9.17, 15) is 4.79 Å². The van der Waals surface area contributed by atoms with Gasteiger partial charge in [0.05, 0.1) is 0 Å². The lowest BCUT2D eigenvalue weighted by Crippen LogP contribution is -2.25. The van der Waals surface area contributed by atoms with Crippen LogP contribution in [0.5, 0.6) is 0 Å². The van der Waals surface area contributed by atoms with Gasteiger partial charge in [0, 0.05) is 24.1 Å². The highest BCUT2D eigenvalue weighted by atomic mass is 16.1. The molecule has 0 spiro atoms. The fourth-order valence-electron chi connectivity index (χ4n) is 2.59. The summed E-state index contributed by atoms with van der Waals surface area (Å²) in [5, 5.41) is 6.37. The Morgan fingerprint density at radius 2 is 2.04 bits per heavy atom. The number of carbonyl (C=O) groups is 1. The zero-order valence-electron chi connectivity index (χ0n) is 15.0. The van der Waals surface area contributed by atoms with Crippen molar-refractivity contribution in [1.82, 2.24) is 10.3 Å². The molecule has 1 aromatic heterocycles. The number of pyridine rings is 1. The smallest absolute Gasteiger partial charge is 0.269 e. The van der Waals surface area contributed by atoms with Crippen LogP contribution in [0.3, 0.4) is 0 Å². The van der Waals surface area contributed by atoms with Gasteiger partial charge in [0.25, 0.3) is 5.91 Å². The molecule has 0 saturated carbocycles. The number of carbonyl (C=O) groups excluding carboxylic acids is 1. The predicted octanol–water partition coefficient (Wildman–Crippen LogP) is 4.79. The molecule has 4 heteroatoms. The van der Waals surface area contributed by atoms with Gasteiger partial charge < -0.3 is 10.6 Å². The van der Waals surface area contributed by atoms with E-state index in [-0.39, 0.29) is 5.91 Å². The number of nitrogens with zero attached hydrogens (tertiary/aromatic N) is 1. The minimum Gasteiger partial charge on any atom is -0.355 e. The van der Waals surface area contributed by atoms with Crippen LogP contribution in [0.25, 0.3) is 0 Å². The number of anilines is 2. The van der Waals surface area contributed by atoms with E-state index in [4.69, 9.17) is 0 Å². The van der Waals surface area contributed by atoms with Crippen molar-refractivity contribution in [2.24, 2.45) is 0 Å². The quantitative estimate of drug-likeness (QED) is 0.720. The van der Waals surface area contributed by atoms with Gasteiger partial charge in [-0.25, -0.2) is 0 Å². The van der Waals surface area contributed by atoms with E-state index < -0.39 is 0 Å². The third-order valence-corrected chi connectivity index (χ3v) is 4.00. The van der Waals surface area contributed by atoms with Crippen LogP contribution in [0.2, 0.25) is 0 Å². The van der Waals surface area contributed by atoms with Gasteiger partial charge in [-0.1, -0.05) is 45.4 Å². The van der Waals surface area contributed by atoms with Crippen molar-refractivity contribution in [2.75, 3.05) is 11.9 Å². The molecule has 2 rings (SSSR count). The number of benzene rings is 1. The number of para-hydroxylation sites is 1. The molecule has 0 aliphatic rings. The number of hydrogen-bond acceptors (Lipinski definition) is 3. The predicted molar refractivity (Wildman–Crippen MR) is 100 cm³/mol. The molecule has 1 aromatic carbocycles. The van der Waals surface area contributed by atoms with Gasteiger partial charge in [0.15, 0.2) is 0 Å². The van der Waals surface area contributed by atoms with Crippen molar-refractivity contribution >= 4 is 17.3 Å². The first-order valence-electron chi connectivity index (χ1n) is 8.63. The molecule has 0 saturated heterocycles. The molecule has 1 heterocycles. The van der Waals surface area contributed by atoms with E-state index in [1.54, 1.807) is 12.3 Å². The topological polar surface area (TPSA) is 54.0 Å². The lowest BCUT2D eigenvalue weighted by molar-refractivity contribution is 0.0948. The molecule has 0 bridgehead atoms. The fourth-order valence-corrected chi connectivity index (χ4v) is 2.59. The van der Waals surface area contributed by atoms with E-state index >= 15 is 0 Å². The summed E-state index contributed by atoms with van der Waals surface area (Å²) in [5.74, 6) is 0.298. The molecule has 2 N–H and O–H groups in total. The average Bonchev–Trinajstić information content (AvgIpc) is 2.57. The number of aryl methyl sites for hydroxylation is 1. The Morgan fingerprint density at radius 1 is 1.25 bits per heavy atom. The van der Waals surface area contributed by atoms with Crippen molar-refractivity contribution in [2.45, 2.75) is 46.5 Å². The minimum atomic E-state index is -0.124. The zero-order chi connectivity index (χ0) is 17.5. The Labute approximate surface area is 144 Å². The van der Waals surface area contributed by atoms with E-state index in [0.717, 1.165) is 24.2 Å². The first kappa shape index (κ1) is 18.0. The van der Waals surface area contributed by atoms with Gasteiger partial charge in [-0.15, -0.1) is 0 Å². The lowest BCUT2D eigenvalue weighted by Gasteiger charge is -2.17. The highest BCUT2D eigenvalue weighted by molar-refractivity contribution is 5.93. The summed E-state index contributed by atoms with van der Waals surface area (Å²) >= 11 is 0. The molecular formula is C20H27N3O. The minimum absolute atomic E-state index is 0.124. The van der Waals surface area contributed by atoms with Crippen molar-refractivity contribution in [3.05, 3.63) is 53.3 Å². The molecule has 0 unspecified atom stereocenters. The highest BCUT2D eigenvalue weighted by Gasteiger charge is 2.11. The second-order valence-corrected chi connectivity index (χ2v) is 6.36. The first-order chi connectivity index (χ1) is 11.5. The molecule has 0 radical (unpaired) electrons. The van der Waals surface area contributed by atoms with Gasteiger partial charge in [-0.2, -0.15) is 0 Å². The Hall–Kier alpha value is -2.36. The van der Waals surface area contributed by atoms with Crippen LogP contribution in [0, 0.1) is 6.92 Å². The molecule has 2 aromatic rings. The summed E-state index contributed by atoms with van der Waals surface area (Å²) in [4.78, 5) is 16.4. The standard InChI is InChI=1S/C20H27N3O/c1-5-6-11-22-20(24)18-13-16(10-12-21-18)23-19-15(4)8-7-9-17(19)14(2)3/h7-10,12-14H,5-6,11H2,1-4H3,(H,21,23)(H,22,24). The van der Waals surface area contributed by atoms with Crippen LogP contribution < -0.4 is 10.6 Å². The molecular weight excluding hydrogens is 298 g/mol. The third-order valence-electron chi connectivity index (χ3n) is 4.00. The van der Waals surface area contributed by atoms with Crippen LogP contribution in [0.4, 0.5) is 11.4 Å². The second kappa shape index (κ2) is 8.48. The third kappa shape index (κ3) is 4.57. The molecule has 0 aliphatic carbocycles. The van der Waals surface area contributed by atoms with Gasteiger partial charge in [-0.05, 0) is 42.5 Å². The number of amides is 1. The SMILES string of the molecule is CCCCNC(=O)c1cc(Nc2c(C)cccc2C(C)C)ccn1. The maximum absolute atomic E-state index is 12.2. The molecule has 24 heavy (non-hydrogen) atoms. The Morgan fingerprint density at radius 3 is 2.75 bits per heavy atom. The summed E-state index contributed by atoms with van der Waals surface area (Å²) < 4.78 is 0. The molecule has 1 amide bonds. The zero-order valence-corrected chi connectivity index (χ0v) is 15.0. The van der Waals surface area contributed by atoms with Crippen molar-refractivity contribution in [3.8, 4) is 0 Å². The second-order valence-electron chi connectivity index (χ2n) is 6.36. The van der Waals surface area contributed by atoms with Gasteiger partial charge in [-0.3, -0.25) is 9.78 Å². The molecule has 0 aliphatic heterocycles. The number of hydrogen-bond donors (Lipinski definition) is 2. The summed E-state index contributed by atoms with van der Waals surface area (Å²) in [6.45, 7) is 9.24. The number of rotatable bonds is 7. The van der Waals surface area contributed by atoms with E-state index in [0.29, 0.717) is 18.2 Å². The Balaban J connectivity index is 2.20. The van der Waals surface area contributed by atoms with Gasteiger partial charge in [0.1, 0.15) is 5.69 Å². The maximum atomic E-state index is 12.2. The monoisotopic (exact) mass is 325 g/mol. The maximum Gasteiger partial charge on any atom is 0.269 e. The summed E-state index contributed by atoms with van der Waals surface area (Å²) in [6.07, 6.45) is 3.70. The van der Waals surface area contributed by atoms with Crippen LogP contribution in [0.1, 0.15) is 61.1 Å². The van der Waals surface area contributed by atoms with E-state index in [1.165, 1.54) is 11.1 Å². The van der Waals surface area contributed by atoms with E-state index in [1.807, 2.05) is 6.07 Å². The van der Waals surface area contributed by atoms with Gasteiger partial charge in [0.2, 0.25) is 0 Å². The molecule has 128 valence electrons. The van der Waals surface area contributed by atoms with Crippen molar-refractivity contribution in [1.29, 1.82) is 0 Å². The number of unbranched alkanes of at least 4 members (excludes halogenated alkanes) is 1. The van der Waals surface area contributed by atoms with E-state index in [2.05, 4.69) is 61.5 Å². The Kier molecular flexibility index (Phi) is 6.36. The largest absolute Gasteiger partial charge is 0.355 e. The normalized spacial score (nSPS) is 10.7. The highest BCUT2D eigenvalue weighted by Crippen LogP contribution is 2.30. The summed E-state index contributed by atoms with van der Waals surface area (Å²) in [7, 11) is 0. The van der Waals surface area contributed by atoms with Gasteiger partial charge >= 0.3 is 0 Å². The fraction of sp³-hybridized carbons (Fsp3) is 0.400. The molecule has 4 nitrogen and oxygen atoms in total. The number of aromatic nitrogens is 1. The molecule has 0 fully saturated rings. The van der Waals surface area contributed by atoms with Crippen molar-refractivity contribution in [3.63, 3.8) is 0 Å². The molecule has 0 atom stereocenters. The Bertz CT molecular complexity index is 695. The van der Waals surface area contributed by atoms with Crippen LogP contribution in [-0.4, -0.2) is 17.4 Å². The average molecular weight is 325 g/mol. The number of nitrogens with one attached hydrogen (secondary N) is 2. The van der Waals surface area contributed by atoms with Crippen LogP contribution in [-0.2, 0) is 0 Å². The van der Waals surface area contributed by atoms with Crippen LogP contribution in [0.15, 0.2) is 36.5 Å². The first-order valence-corrected chi connectivity index (χ1v) is 8.63. The summed E-state index contributed by atoms with van der Waals surface area (Å²) in [5.41, 5.74) is 4.88. The lowest BCUT2D eigenvalue weighted by atomic mass is 9.98.